The highest BCUT2D eigenvalue weighted by Gasteiger charge is 2.45. The van der Waals surface area contributed by atoms with Crippen LogP contribution in [-0.4, -0.2) is 0 Å². The Morgan fingerprint density at radius 1 is 0.423 bits per heavy atom. The van der Waals surface area contributed by atoms with Crippen molar-refractivity contribution < 1.29 is 0 Å². The molecule has 0 saturated carbocycles. The molecule has 0 amide bonds. The number of hydrogen-bond donors (Lipinski definition) is 0. The summed E-state index contributed by atoms with van der Waals surface area (Å²) in [6.45, 7) is 0. The zero-order chi connectivity index (χ0) is 17.1. The third-order valence-electron chi connectivity index (χ3n) is 5.30. The molecular weight excluding hydrogens is 352 g/mol. The Kier molecular flexibility index (Phi) is 3.00. The second-order valence-electron chi connectivity index (χ2n) is 6.60. The first-order valence-corrected chi connectivity index (χ1v) is 11.2. The number of fused-ring (bicyclic) bond motifs is 9. The summed E-state index contributed by atoms with van der Waals surface area (Å²) < 4.78 is 0. The summed E-state index contributed by atoms with van der Waals surface area (Å²) in [5.41, 5.74) is 2.80. The Bertz CT molecular complexity index is 1080. The summed E-state index contributed by atoms with van der Waals surface area (Å²) >= 11 is 1.91. The van der Waals surface area contributed by atoms with Crippen LogP contribution in [0, 0.1) is 0 Å². The topological polar surface area (TPSA) is 0 Å². The molecule has 2 heteroatoms. The van der Waals surface area contributed by atoms with E-state index in [1.165, 1.54) is 40.5 Å². The summed E-state index contributed by atoms with van der Waals surface area (Å²) in [5, 5.41) is 0. The SMILES string of the molecule is c1ccc2c(c1)Sc1ccccc1S21c2ccccc2-c2ccccc21. The maximum Gasteiger partial charge on any atom is 0.0253 e. The minimum Gasteiger partial charge on any atom is -0.129 e. The van der Waals surface area contributed by atoms with Crippen molar-refractivity contribution in [3.8, 4) is 11.1 Å². The van der Waals surface area contributed by atoms with Crippen molar-refractivity contribution in [2.75, 3.05) is 0 Å². The molecule has 0 aliphatic carbocycles. The molecule has 2 aliphatic rings. The van der Waals surface area contributed by atoms with Gasteiger partial charge in [0.2, 0.25) is 0 Å². The van der Waals surface area contributed by atoms with Crippen molar-refractivity contribution in [3.63, 3.8) is 0 Å². The summed E-state index contributed by atoms with van der Waals surface area (Å²) in [4.78, 5) is 8.74. The quantitative estimate of drug-likeness (QED) is 0.268. The maximum atomic E-state index is 2.36. The molecule has 124 valence electrons. The Labute approximate surface area is 159 Å². The van der Waals surface area contributed by atoms with Gasteiger partial charge in [-0.25, -0.2) is 0 Å². The van der Waals surface area contributed by atoms with Crippen LogP contribution in [0.25, 0.3) is 11.1 Å². The zero-order valence-electron chi connectivity index (χ0n) is 14.1. The van der Waals surface area contributed by atoms with Gasteiger partial charge in [0.25, 0.3) is 0 Å². The molecule has 0 N–H and O–H groups in total. The molecule has 1 spiro atoms. The third-order valence-corrected chi connectivity index (χ3v) is 10.8. The van der Waals surface area contributed by atoms with Crippen LogP contribution in [0.2, 0.25) is 0 Å². The van der Waals surface area contributed by atoms with E-state index in [4.69, 9.17) is 0 Å². The van der Waals surface area contributed by atoms with Crippen molar-refractivity contribution in [2.24, 2.45) is 0 Å². The lowest BCUT2D eigenvalue weighted by molar-refractivity contribution is 1.10. The van der Waals surface area contributed by atoms with Gasteiger partial charge in [-0.1, -0.05) is 72.4 Å². The smallest absolute Gasteiger partial charge is 0.0253 e. The van der Waals surface area contributed by atoms with E-state index in [9.17, 15) is 0 Å². The normalized spacial score (nSPS) is 16.3. The summed E-state index contributed by atoms with van der Waals surface area (Å²) in [5.74, 6) is 0. The van der Waals surface area contributed by atoms with E-state index in [1.54, 1.807) is 0 Å². The van der Waals surface area contributed by atoms with E-state index in [2.05, 4.69) is 97.1 Å². The molecule has 2 aliphatic heterocycles. The monoisotopic (exact) mass is 368 g/mol. The van der Waals surface area contributed by atoms with Gasteiger partial charge in [0.15, 0.2) is 0 Å². The van der Waals surface area contributed by atoms with Gasteiger partial charge in [-0.2, -0.15) is 0 Å². The predicted molar refractivity (Wildman–Crippen MR) is 110 cm³/mol. The van der Waals surface area contributed by atoms with Crippen molar-refractivity contribution in [3.05, 3.63) is 97.1 Å². The first-order chi connectivity index (χ1) is 12.9. The van der Waals surface area contributed by atoms with E-state index in [0.717, 1.165) is 0 Å². The predicted octanol–water partition coefficient (Wildman–Crippen LogP) is 7.47. The van der Waals surface area contributed by atoms with Crippen LogP contribution in [-0.2, 0) is 0 Å². The maximum absolute atomic E-state index is 2.36. The van der Waals surface area contributed by atoms with Gasteiger partial charge in [0.05, 0.1) is 0 Å². The molecule has 0 atom stereocenters. The lowest BCUT2D eigenvalue weighted by atomic mass is 10.1. The van der Waals surface area contributed by atoms with Crippen LogP contribution < -0.4 is 0 Å². The van der Waals surface area contributed by atoms with E-state index in [-0.39, 0.29) is 0 Å². The second kappa shape index (κ2) is 5.29. The Morgan fingerprint density at radius 3 is 1.31 bits per heavy atom. The lowest BCUT2D eigenvalue weighted by Crippen LogP contribution is -2.07. The molecule has 0 radical (unpaired) electrons. The van der Waals surface area contributed by atoms with Crippen molar-refractivity contribution in [1.82, 2.24) is 0 Å². The summed E-state index contributed by atoms with van der Waals surface area (Å²) in [7, 11) is -1.42. The summed E-state index contributed by atoms with van der Waals surface area (Å²) in [6.07, 6.45) is 0. The first kappa shape index (κ1) is 14.7. The molecule has 0 bridgehead atoms. The van der Waals surface area contributed by atoms with Crippen LogP contribution in [0.1, 0.15) is 0 Å². The van der Waals surface area contributed by atoms with Crippen LogP contribution in [0.3, 0.4) is 0 Å². The molecular formula is C24H16S2. The molecule has 0 fully saturated rings. The Morgan fingerprint density at radius 2 is 0.808 bits per heavy atom. The highest BCUT2D eigenvalue weighted by molar-refractivity contribution is 8.35. The van der Waals surface area contributed by atoms with Crippen molar-refractivity contribution in [2.45, 2.75) is 29.4 Å². The molecule has 6 rings (SSSR count). The average Bonchev–Trinajstić information content (AvgIpc) is 3.00. The molecule has 0 saturated heterocycles. The molecule has 0 aromatic heterocycles. The largest absolute Gasteiger partial charge is 0.129 e. The van der Waals surface area contributed by atoms with Crippen molar-refractivity contribution in [1.29, 1.82) is 0 Å². The zero-order valence-corrected chi connectivity index (χ0v) is 15.7. The van der Waals surface area contributed by atoms with Gasteiger partial charge in [0.1, 0.15) is 0 Å². The van der Waals surface area contributed by atoms with Gasteiger partial charge in [0, 0.05) is 29.4 Å². The molecule has 26 heavy (non-hydrogen) atoms. The highest BCUT2D eigenvalue weighted by Crippen LogP contribution is 2.83. The van der Waals surface area contributed by atoms with E-state index < -0.39 is 10.0 Å². The minimum atomic E-state index is -1.42. The second-order valence-corrected chi connectivity index (χ2v) is 10.7. The molecule has 2 heterocycles. The van der Waals surface area contributed by atoms with Crippen LogP contribution in [0.5, 0.6) is 0 Å². The standard InChI is InChI=1S/C24H16S2/c1-5-13-21-17(9-1)18-10-2-6-14-22(18)26(21)23-15-7-3-11-19(23)25-20-12-4-8-16-24(20)26/h1-16H. The van der Waals surface area contributed by atoms with Gasteiger partial charge in [-0.3, -0.25) is 0 Å². The number of hydrogen-bond acceptors (Lipinski definition) is 1. The van der Waals surface area contributed by atoms with Crippen LogP contribution in [0.15, 0.2) is 126 Å². The number of rotatable bonds is 0. The van der Waals surface area contributed by atoms with Crippen LogP contribution >= 0.6 is 21.8 Å². The fourth-order valence-corrected chi connectivity index (χ4v) is 10.5. The van der Waals surface area contributed by atoms with Gasteiger partial charge < -0.3 is 0 Å². The lowest BCUT2D eigenvalue weighted by Gasteiger charge is -2.44. The third kappa shape index (κ3) is 1.69. The number of benzene rings is 4. The summed E-state index contributed by atoms with van der Waals surface area (Å²) in [6, 6.07) is 36.1. The fourth-order valence-electron chi connectivity index (χ4n) is 4.32. The van der Waals surface area contributed by atoms with E-state index in [1.807, 2.05) is 11.8 Å². The average molecular weight is 369 g/mol. The van der Waals surface area contributed by atoms with E-state index >= 15 is 0 Å². The molecule has 4 aromatic carbocycles. The van der Waals surface area contributed by atoms with Crippen LogP contribution in [0.4, 0.5) is 0 Å². The minimum absolute atomic E-state index is 1.40. The molecule has 4 aromatic rings. The highest BCUT2D eigenvalue weighted by atomic mass is 32.3. The fraction of sp³-hybridized carbons (Fsp3) is 0. The van der Waals surface area contributed by atoms with Gasteiger partial charge in [-0.15, -0.1) is 10.0 Å². The van der Waals surface area contributed by atoms with Gasteiger partial charge >= 0.3 is 0 Å². The first-order valence-electron chi connectivity index (χ1n) is 8.78. The Hall–Kier alpha value is -2.42. The Balaban J connectivity index is 1.87. The molecule has 0 unspecified atom stereocenters. The van der Waals surface area contributed by atoms with E-state index in [0.29, 0.717) is 0 Å². The van der Waals surface area contributed by atoms with Gasteiger partial charge in [-0.05, 0) is 47.5 Å². The van der Waals surface area contributed by atoms with Crippen molar-refractivity contribution >= 4 is 21.8 Å². The molecule has 0 nitrogen and oxygen atoms in total.